The Bertz CT molecular complexity index is 874. The molecule has 1 amide bonds. The Kier molecular flexibility index (Phi) is 5.26. The van der Waals surface area contributed by atoms with Crippen LogP contribution < -0.4 is 14.8 Å². The van der Waals surface area contributed by atoms with Gasteiger partial charge in [0.15, 0.2) is 11.5 Å². The number of hydrogen-bond donors (Lipinski definition) is 1. The number of fused-ring (bicyclic) bond motifs is 1. The molecule has 144 valence electrons. The van der Waals surface area contributed by atoms with Gasteiger partial charge >= 0.3 is 0 Å². The van der Waals surface area contributed by atoms with Crippen LogP contribution in [-0.2, 0) is 11.8 Å². The maximum absolute atomic E-state index is 12.5. The SMILES string of the molecule is COc1cc(C(C)(C)CNC(=O)c2cccc(Br)c2)cc2c1OC(C)(C)C2. The highest BCUT2D eigenvalue weighted by atomic mass is 79.9. The second kappa shape index (κ2) is 7.19. The molecule has 1 aliphatic rings. The summed E-state index contributed by atoms with van der Waals surface area (Å²) in [4.78, 5) is 12.5. The van der Waals surface area contributed by atoms with Crippen LogP contribution in [0.4, 0.5) is 0 Å². The summed E-state index contributed by atoms with van der Waals surface area (Å²) in [5.41, 5.74) is 2.43. The van der Waals surface area contributed by atoms with Gasteiger partial charge in [-0.05, 0) is 43.7 Å². The Morgan fingerprint density at radius 2 is 2.04 bits per heavy atom. The van der Waals surface area contributed by atoms with Gasteiger partial charge in [0.1, 0.15) is 5.60 Å². The first-order valence-corrected chi connectivity index (χ1v) is 9.85. The standard InChI is InChI=1S/C22H26BrNO3/c1-21(2,13-24-20(25)14-7-6-8-17(23)10-14)16-9-15-12-22(3,4)27-19(15)18(11-16)26-5/h6-11H,12-13H2,1-5H3,(H,24,25). The Balaban J connectivity index is 1.80. The monoisotopic (exact) mass is 431 g/mol. The molecule has 0 spiro atoms. The number of amides is 1. The van der Waals surface area contributed by atoms with Crippen molar-refractivity contribution < 1.29 is 14.3 Å². The van der Waals surface area contributed by atoms with Crippen molar-refractivity contribution in [1.29, 1.82) is 0 Å². The highest BCUT2D eigenvalue weighted by molar-refractivity contribution is 9.10. The predicted molar refractivity (Wildman–Crippen MR) is 111 cm³/mol. The number of halogens is 1. The molecule has 3 rings (SSSR count). The largest absolute Gasteiger partial charge is 0.493 e. The minimum Gasteiger partial charge on any atom is -0.493 e. The maximum Gasteiger partial charge on any atom is 0.251 e. The lowest BCUT2D eigenvalue weighted by Crippen LogP contribution is -2.36. The van der Waals surface area contributed by atoms with Gasteiger partial charge in [-0.15, -0.1) is 0 Å². The van der Waals surface area contributed by atoms with Crippen LogP contribution in [0.2, 0.25) is 0 Å². The lowest BCUT2D eigenvalue weighted by atomic mass is 9.82. The summed E-state index contributed by atoms with van der Waals surface area (Å²) in [5.74, 6) is 1.50. The minimum atomic E-state index is -0.253. The summed E-state index contributed by atoms with van der Waals surface area (Å²) in [5, 5.41) is 3.05. The third-order valence-electron chi connectivity index (χ3n) is 4.91. The molecule has 0 radical (unpaired) electrons. The maximum atomic E-state index is 12.5. The summed E-state index contributed by atoms with van der Waals surface area (Å²) in [6.45, 7) is 8.92. The zero-order valence-corrected chi connectivity index (χ0v) is 18.1. The molecule has 1 aliphatic heterocycles. The first-order valence-electron chi connectivity index (χ1n) is 9.05. The van der Waals surface area contributed by atoms with Gasteiger partial charge in [0.25, 0.3) is 5.91 Å². The van der Waals surface area contributed by atoms with E-state index in [1.54, 1.807) is 7.11 Å². The minimum absolute atomic E-state index is 0.0815. The van der Waals surface area contributed by atoms with Gasteiger partial charge in [-0.1, -0.05) is 41.9 Å². The van der Waals surface area contributed by atoms with Crippen molar-refractivity contribution in [2.24, 2.45) is 0 Å². The summed E-state index contributed by atoms with van der Waals surface area (Å²) >= 11 is 3.41. The van der Waals surface area contributed by atoms with Crippen LogP contribution in [0.1, 0.15) is 49.2 Å². The van der Waals surface area contributed by atoms with Crippen LogP contribution in [0.15, 0.2) is 40.9 Å². The molecule has 2 aromatic carbocycles. The van der Waals surface area contributed by atoms with E-state index in [2.05, 4.69) is 55.0 Å². The summed E-state index contributed by atoms with van der Waals surface area (Å²) in [6, 6.07) is 11.6. The van der Waals surface area contributed by atoms with E-state index in [4.69, 9.17) is 9.47 Å². The van der Waals surface area contributed by atoms with E-state index in [0.717, 1.165) is 33.5 Å². The molecular formula is C22H26BrNO3. The molecule has 0 saturated heterocycles. The quantitative estimate of drug-likeness (QED) is 0.733. The number of carbonyl (C=O) groups excluding carboxylic acids is 1. The van der Waals surface area contributed by atoms with E-state index < -0.39 is 0 Å². The topological polar surface area (TPSA) is 47.6 Å². The van der Waals surface area contributed by atoms with Gasteiger partial charge in [-0.25, -0.2) is 0 Å². The van der Waals surface area contributed by atoms with Gasteiger partial charge in [-0.2, -0.15) is 0 Å². The van der Waals surface area contributed by atoms with E-state index in [1.165, 1.54) is 0 Å². The molecule has 1 heterocycles. The lowest BCUT2D eigenvalue weighted by molar-refractivity contribution is 0.0945. The fourth-order valence-corrected chi connectivity index (χ4v) is 3.75. The van der Waals surface area contributed by atoms with Gasteiger partial charge in [-0.3, -0.25) is 4.79 Å². The zero-order valence-electron chi connectivity index (χ0n) is 16.5. The highest BCUT2D eigenvalue weighted by Crippen LogP contribution is 2.44. The van der Waals surface area contributed by atoms with Crippen LogP contribution >= 0.6 is 15.9 Å². The van der Waals surface area contributed by atoms with Crippen molar-refractivity contribution in [3.63, 3.8) is 0 Å². The molecule has 0 saturated carbocycles. The van der Waals surface area contributed by atoms with Crippen molar-refractivity contribution >= 4 is 21.8 Å². The highest BCUT2D eigenvalue weighted by Gasteiger charge is 2.34. The van der Waals surface area contributed by atoms with Crippen LogP contribution in [0.3, 0.4) is 0 Å². The molecule has 4 nitrogen and oxygen atoms in total. The third kappa shape index (κ3) is 4.29. The molecule has 0 bridgehead atoms. The predicted octanol–water partition coefficient (Wildman–Crippen LogP) is 4.88. The molecule has 0 fully saturated rings. The molecular weight excluding hydrogens is 406 g/mol. The number of carbonyl (C=O) groups is 1. The Labute approximate surface area is 169 Å². The Morgan fingerprint density at radius 3 is 2.70 bits per heavy atom. The van der Waals surface area contributed by atoms with Crippen LogP contribution in [0, 0.1) is 0 Å². The van der Waals surface area contributed by atoms with Crippen LogP contribution in [0.25, 0.3) is 0 Å². The first kappa shape index (κ1) is 19.7. The van der Waals surface area contributed by atoms with Crippen molar-refractivity contribution in [2.75, 3.05) is 13.7 Å². The second-order valence-corrected chi connectivity index (χ2v) is 9.20. The van der Waals surface area contributed by atoms with E-state index in [0.29, 0.717) is 12.1 Å². The average Bonchev–Trinajstić information content (AvgIpc) is 2.92. The lowest BCUT2D eigenvalue weighted by Gasteiger charge is -2.27. The Morgan fingerprint density at radius 1 is 1.30 bits per heavy atom. The molecule has 2 aromatic rings. The van der Waals surface area contributed by atoms with E-state index >= 15 is 0 Å². The summed E-state index contributed by atoms with van der Waals surface area (Å²) in [7, 11) is 1.66. The molecule has 5 heteroatoms. The summed E-state index contributed by atoms with van der Waals surface area (Å²) < 4.78 is 12.5. The van der Waals surface area contributed by atoms with E-state index in [-0.39, 0.29) is 16.9 Å². The van der Waals surface area contributed by atoms with E-state index in [1.807, 2.05) is 30.3 Å². The fourth-order valence-electron chi connectivity index (χ4n) is 3.36. The zero-order chi connectivity index (χ0) is 19.8. The van der Waals surface area contributed by atoms with Crippen LogP contribution in [-0.4, -0.2) is 25.2 Å². The van der Waals surface area contributed by atoms with Crippen molar-refractivity contribution in [3.8, 4) is 11.5 Å². The van der Waals surface area contributed by atoms with Gasteiger partial charge in [0.05, 0.1) is 7.11 Å². The Hall–Kier alpha value is -2.01. The molecule has 27 heavy (non-hydrogen) atoms. The number of rotatable bonds is 5. The van der Waals surface area contributed by atoms with Gasteiger partial charge in [0, 0.05) is 34.0 Å². The van der Waals surface area contributed by atoms with Crippen molar-refractivity contribution in [2.45, 2.75) is 45.1 Å². The molecule has 0 aliphatic carbocycles. The molecule has 1 N–H and O–H groups in total. The smallest absolute Gasteiger partial charge is 0.251 e. The van der Waals surface area contributed by atoms with Gasteiger partial charge < -0.3 is 14.8 Å². The third-order valence-corrected chi connectivity index (χ3v) is 5.40. The van der Waals surface area contributed by atoms with E-state index in [9.17, 15) is 4.79 Å². The normalized spacial score (nSPS) is 15.0. The van der Waals surface area contributed by atoms with Gasteiger partial charge in [0.2, 0.25) is 0 Å². The molecule has 0 unspecified atom stereocenters. The number of ether oxygens (including phenoxy) is 2. The van der Waals surface area contributed by atoms with Crippen molar-refractivity contribution in [3.05, 3.63) is 57.6 Å². The number of methoxy groups -OCH3 is 1. The van der Waals surface area contributed by atoms with Crippen molar-refractivity contribution in [1.82, 2.24) is 5.32 Å². The number of benzene rings is 2. The molecule has 0 aromatic heterocycles. The summed E-state index contributed by atoms with van der Waals surface area (Å²) in [6.07, 6.45) is 0.840. The number of hydrogen-bond acceptors (Lipinski definition) is 3. The number of nitrogens with one attached hydrogen (secondary N) is 1. The second-order valence-electron chi connectivity index (χ2n) is 8.28. The fraction of sp³-hybridized carbons (Fsp3) is 0.409. The average molecular weight is 432 g/mol. The molecule has 0 atom stereocenters. The first-order chi connectivity index (χ1) is 12.6. The van der Waals surface area contributed by atoms with Crippen LogP contribution in [0.5, 0.6) is 11.5 Å².